The zero-order chi connectivity index (χ0) is 5.28. The average Bonchev–Trinajstić information content (AvgIpc) is 1.87. The first-order chi connectivity index (χ1) is 3.29. The first-order valence-electron chi connectivity index (χ1n) is 1.79. The minimum absolute atomic E-state index is 0.862. The van der Waals surface area contributed by atoms with E-state index in [-0.39, 0.29) is 0 Å². The molecule has 0 aliphatic carbocycles. The topological polar surface area (TPSA) is 0 Å². The van der Waals surface area contributed by atoms with Gasteiger partial charge in [0.05, 0.1) is 0 Å². The first-order valence-corrected chi connectivity index (χ1v) is 3.95. The van der Waals surface area contributed by atoms with E-state index in [0.29, 0.717) is 0 Å². The number of thiol groups is 1. The summed E-state index contributed by atoms with van der Waals surface area (Å²) in [5.74, 6) is 0. The fourth-order valence-corrected chi connectivity index (χ4v) is 1.98. The maximum absolute atomic E-state index is 12.0. The molecule has 0 bridgehead atoms. The number of allylic oxidation sites excluding steroid dienone is 2. The third kappa shape index (κ3) is 1.31. The van der Waals surface area contributed by atoms with Gasteiger partial charge in [0.15, 0.2) is 0 Å². The minimum Gasteiger partial charge on any atom is -0.184 e. The lowest BCUT2D eigenvalue weighted by atomic mass is 10.6. The molecule has 1 unspecified atom stereocenters. The standard InChI is InChI=1S/C4H4BrFS/c5-4-1-2-7(6)3-4/h1-3,7H. The molecule has 0 spiro atoms. The smallest absolute Gasteiger partial charge is 0.0252 e. The van der Waals surface area contributed by atoms with Crippen LogP contribution in [0.4, 0.5) is 3.89 Å². The molecule has 7 heavy (non-hydrogen) atoms. The molecule has 0 aromatic carbocycles. The van der Waals surface area contributed by atoms with Gasteiger partial charge in [-0.05, 0) is 16.9 Å². The highest BCUT2D eigenvalue weighted by Crippen LogP contribution is 2.38. The molecule has 1 heterocycles. The zero-order valence-corrected chi connectivity index (χ0v) is 5.92. The van der Waals surface area contributed by atoms with Crippen molar-refractivity contribution in [2.75, 3.05) is 0 Å². The number of hydrogen-bond acceptors (Lipinski definition) is 0. The van der Waals surface area contributed by atoms with Gasteiger partial charge in [0.1, 0.15) is 0 Å². The highest BCUT2D eigenvalue weighted by Gasteiger charge is 1.98. The van der Waals surface area contributed by atoms with Gasteiger partial charge < -0.3 is 0 Å². The first kappa shape index (κ1) is 5.38. The third-order valence-corrected chi connectivity index (χ3v) is 2.43. The summed E-state index contributed by atoms with van der Waals surface area (Å²) >= 11 is 1.74. The van der Waals surface area contributed by atoms with Crippen LogP contribution >= 0.6 is 27.2 Å². The van der Waals surface area contributed by atoms with Crippen LogP contribution in [0.3, 0.4) is 0 Å². The molecule has 3 heteroatoms. The van der Waals surface area contributed by atoms with Crippen molar-refractivity contribution in [3.05, 3.63) is 21.4 Å². The largest absolute Gasteiger partial charge is 0.184 e. The summed E-state index contributed by atoms with van der Waals surface area (Å²) in [6, 6.07) is 0. The van der Waals surface area contributed by atoms with Crippen molar-refractivity contribution in [2.45, 2.75) is 0 Å². The summed E-state index contributed by atoms with van der Waals surface area (Å²) in [6.45, 7) is 0. The monoisotopic (exact) mass is 182 g/mol. The van der Waals surface area contributed by atoms with Gasteiger partial charge in [0, 0.05) is 4.48 Å². The lowest BCUT2D eigenvalue weighted by Gasteiger charge is -1.87. The van der Waals surface area contributed by atoms with Gasteiger partial charge in [0.25, 0.3) is 0 Å². The summed E-state index contributed by atoms with van der Waals surface area (Å²) in [6.07, 6.45) is 1.73. The molecule has 0 amide bonds. The summed E-state index contributed by atoms with van der Waals surface area (Å²) in [5.41, 5.74) is 0. The Morgan fingerprint density at radius 3 is 2.57 bits per heavy atom. The van der Waals surface area contributed by atoms with Crippen LogP contribution < -0.4 is 0 Å². The summed E-state index contributed by atoms with van der Waals surface area (Å²) in [4.78, 5) is 0. The molecular formula is C4H4BrFS. The van der Waals surface area contributed by atoms with Crippen LogP contribution in [0.2, 0.25) is 0 Å². The van der Waals surface area contributed by atoms with Crippen molar-refractivity contribution in [3.8, 4) is 0 Å². The van der Waals surface area contributed by atoms with Crippen LogP contribution in [-0.2, 0) is 0 Å². The van der Waals surface area contributed by atoms with Crippen molar-refractivity contribution >= 4 is 27.2 Å². The number of halogens is 2. The van der Waals surface area contributed by atoms with Crippen LogP contribution in [0, 0.1) is 0 Å². The molecule has 1 rings (SSSR count). The lowest BCUT2D eigenvalue weighted by molar-refractivity contribution is 0.937. The van der Waals surface area contributed by atoms with Crippen LogP contribution in [0.5, 0.6) is 0 Å². The second kappa shape index (κ2) is 2.01. The number of rotatable bonds is 0. The van der Waals surface area contributed by atoms with E-state index in [2.05, 4.69) is 15.9 Å². The Hall–Kier alpha value is 0.240. The molecule has 40 valence electrons. The maximum Gasteiger partial charge on any atom is 0.0252 e. The molecule has 0 saturated heterocycles. The lowest BCUT2D eigenvalue weighted by Crippen LogP contribution is -1.44. The van der Waals surface area contributed by atoms with Gasteiger partial charge in [0.2, 0.25) is 0 Å². The van der Waals surface area contributed by atoms with Crippen molar-refractivity contribution in [3.63, 3.8) is 0 Å². The normalized spacial score (nSPS) is 33.4. The average molecular weight is 183 g/mol. The fourth-order valence-electron chi connectivity index (χ4n) is 0.346. The Balaban J connectivity index is 2.69. The molecule has 0 nitrogen and oxygen atoms in total. The molecule has 0 aromatic heterocycles. The molecule has 0 radical (unpaired) electrons. The second-order valence-electron chi connectivity index (χ2n) is 1.17. The Kier molecular flexibility index (Phi) is 1.54. The van der Waals surface area contributed by atoms with Crippen molar-refractivity contribution < 1.29 is 3.89 Å². The predicted molar refractivity (Wildman–Crippen MR) is 36.2 cm³/mol. The van der Waals surface area contributed by atoms with Crippen molar-refractivity contribution in [1.29, 1.82) is 0 Å². The van der Waals surface area contributed by atoms with Crippen molar-refractivity contribution in [2.24, 2.45) is 0 Å². The molecule has 1 aliphatic rings. The van der Waals surface area contributed by atoms with Gasteiger partial charge in [-0.25, -0.2) is 0 Å². The van der Waals surface area contributed by atoms with Gasteiger partial charge in [-0.2, -0.15) is 3.89 Å². The highest BCUT2D eigenvalue weighted by molar-refractivity contribution is 9.12. The molecule has 1 atom stereocenters. The third-order valence-electron chi connectivity index (χ3n) is 0.623. The van der Waals surface area contributed by atoms with Gasteiger partial charge in [-0.3, -0.25) is 0 Å². The number of hydrogen-bond donors (Lipinski definition) is 1. The van der Waals surface area contributed by atoms with Crippen LogP contribution in [-0.4, -0.2) is 0 Å². The summed E-state index contributed by atoms with van der Waals surface area (Å²) in [5, 5.41) is 3.12. The quantitative estimate of drug-likeness (QED) is 0.548. The Bertz CT molecular complexity index is 130. The molecular weight excluding hydrogens is 179 g/mol. The van der Waals surface area contributed by atoms with Gasteiger partial charge >= 0.3 is 0 Å². The van der Waals surface area contributed by atoms with Gasteiger partial charge in [-0.15, -0.1) is 0 Å². The van der Waals surface area contributed by atoms with Crippen LogP contribution in [0.15, 0.2) is 21.4 Å². The van der Waals surface area contributed by atoms with Crippen LogP contribution in [0.1, 0.15) is 0 Å². The molecule has 0 saturated carbocycles. The fraction of sp³-hybridized carbons (Fsp3) is 0. The maximum atomic E-state index is 12.0. The van der Waals surface area contributed by atoms with E-state index in [9.17, 15) is 3.89 Å². The Labute approximate surface area is 52.9 Å². The van der Waals surface area contributed by atoms with E-state index < -0.39 is 11.3 Å². The van der Waals surface area contributed by atoms with E-state index in [0.717, 1.165) is 4.48 Å². The molecule has 1 aliphatic heterocycles. The zero-order valence-electron chi connectivity index (χ0n) is 3.44. The van der Waals surface area contributed by atoms with E-state index >= 15 is 0 Å². The second-order valence-corrected chi connectivity index (χ2v) is 3.33. The Morgan fingerprint density at radius 2 is 2.43 bits per heavy atom. The SMILES string of the molecule is F[SH]1C=CC(Br)=C1. The molecule has 0 N–H and O–H groups in total. The molecule has 0 fully saturated rings. The predicted octanol–water partition coefficient (Wildman–Crippen LogP) is 2.64. The highest BCUT2D eigenvalue weighted by atomic mass is 79.9. The van der Waals surface area contributed by atoms with E-state index in [1.54, 1.807) is 16.9 Å². The van der Waals surface area contributed by atoms with E-state index in [4.69, 9.17) is 0 Å². The Morgan fingerprint density at radius 1 is 1.71 bits per heavy atom. The van der Waals surface area contributed by atoms with E-state index in [1.807, 2.05) is 0 Å². The summed E-state index contributed by atoms with van der Waals surface area (Å²) < 4.78 is 12.9. The molecule has 0 aromatic rings. The van der Waals surface area contributed by atoms with Crippen LogP contribution in [0.25, 0.3) is 0 Å². The van der Waals surface area contributed by atoms with Gasteiger partial charge in [-0.1, -0.05) is 27.2 Å². The summed E-state index contributed by atoms with van der Waals surface area (Å²) in [7, 11) is 0. The van der Waals surface area contributed by atoms with E-state index in [1.165, 1.54) is 0 Å². The van der Waals surface area contributed by atoms with Crippen molar-refractivity contribution in [1.82, 2.24) is 0 Å². The minimum atomic E-state index is -1.39.